The number of aryl methyl sites for hydroxylation is 1. The number of halogens is 2. The molecule has 0 spiro atoms. The molecule has 4 heteroatoms. The van der Waals surface area contributed by atoms with Gasteiger partial charge in [-0.2, -0.15) is 0 Å². The number of hydrazine groups is 1. The van der Waals surface area contributed by atoms with Crippen LogP contribution in [0, 0.1) is 13.8 Å². The van der Waals surface area contributed by atoms with Gasteiger partial charge in [0.05, 0.1) is 11.4 Å². The van der Waals surface area contributed by atoms with Crippen LogP contribution >= 0.6 is 23.2 Å². The lowest BCUT2D eigenvalue weighted by atomic mass is 10.2. The molecule has 0 radical (unpaired) electrons. The Labute approximate surface area is 117 Å². The van der Waals surface area contributed by atoms with Gasteiger partial charge >= 0.3 is 0 Å². The molecule has 94 valence electrons. The Morgan fingerprint density at radius 1 is 0.889 bits per heavy atom. The minimum atomic E-state index is 0.733. The molecule has 0 unspecified atom stereocenters. The maximum Gasteiger partial charge on any atom is 0.0583 e. The van der Waals surface area contributed by atoms with E-state index in [1.165, 1.54) is 0 Å². The monoisotopic (exact) mass is 280 g/mol. The molecule has 0 bridgehead atoms. The normalized spacial score (nSPS) is 10.2. The van der Waals surface area contributed by atoms with E-state index in [1.807, 2.05) is 50.2 Å². The molecule has 0 aliphatic heterocycles. The van der Waals surface area contributed by atoms with Crippen molar-refractivity contribution in [2.75, 3.05) is 10.9 Å². The number of hydrogen-bond acceptors (Lipinski definition) is 2. The Morgan fingerprint density at radius 2 is 1.61 bits per heavy atom. The van der Waals surface area contributed by atoms with Crippen molar-refractivity contribution >= 4 is 34.6 Å². The largest absolute Gasteiger partial charge is 0.301 e. The fourth-order valence-electron chi connectivity index (χ4n) is 1.64. The summed E-state index contributed by atoms with van der Waals surface area (Å²) in [6, 6.07) is 11.5. The van der Waals surface area contributed by atoms with E-state index in [1.54, 1.807) is 0 Å². The molecule has 0 aliphatic carbocycles. The van der Waals surface area contributed by atoms with Crippen LogP contribution in [0.25, 0.3) is 0 Å². The van der Waals surface area contributed by atoms with Gasteiger partial charge in [0.2, 0.25) is 0 Å². The highest BCUT2D eigenvalue weighted by atomic mass is 35.5. The summed E-state index contributed by atoms with van der Waals surface area (Å²) in [5.74, 6) is 0. The lowest BCUT2D eigenvalue weighted by Gasteiger charge is -2.14. The summed E-state index contributed by atoms with van der Waals surface area (Å²) in [6.07, 6.45) is 0. The maximum absolute atomic E-state index is 6.06. The van der Waals surface area contributed by atoms with Gasteiger partial charge in [-0.05, 0) is 55.3 Å². The summed E-state index contributed by atoms with van der Waals surface area (Å²) < 4.78 is 0. The van der Waals surface area contributed by atoms with Crippen molar-refractivity contribution in [1.82, 2.24) is 0 Å². The molecule has 0 heterocycles. The van der Waals surface area contributed by atoms with Crippen LogP contribution in [0.1, 0.15) is 11.1 Å². The third-order valence-electron chi connectivity index (χ3n) is 2.79. The molecule has 2 nitrogen and oxygen atoms in total. The van der Waals surface area contributed by atoms with Crippen molar-refractivity contribution < 1.29 is 0 Å². The zero-order valence-electron chi connectivity index (χ0n) is 10.2. The average Bonchev–Trinajstić information content (AvgIpc) is 2.33. The highest BCUT2D eigenvalue weighted by molar-refractivity contribution is 6.31. The molecule has 2 aromatic carbocycles. The van der Waals surface area contributed by atoms with E-state index in [-0.39, 0.29) is 0 Å². The molecule has 0 saturated heterocycles. The zero-order valence-corrected chi connectivity index (χ0v) is 11.7. The van der Waals surface area contributed by atoms with Gasteiger partial charge < -0.3 is 10.9 Å². The molecule has 2 rings (SSSR count). The lowest BCUT2D eigenvalue weighted by Crippen LogP contribution is -2.10. The third kappa shape index (κ3) is 2.89. The summed E-state index contributed by atoms with van der Waals surface area (Å²) in [5, 5.41) is 1.48. The van der Waals surface area contributed by atoms with Gasteiger partial charge in [-0.15, -0.1) is 0 Å². The number of anilines is 2. The Hall–Kier alpha value is -1.38. The van der Waals surface area contributed by atoms with Crippen molar-refractivity contribution in [2.24, 2.45) is 0 Å². The first-order chi connectivity index (χ1) is 8.58. The summed E-state index contributed by atoms with van der Waals surface area (Å²) in [6.45, 7) is 3.97. The SMILES string of the molecule is Cc1cc(Cl)ccc1NNc1cccc(Cl)c1C. The van der Waals surface area contributed by atoms with Crippen LogP contribution in [0.4, 0.5) is 11.4 Å². The van der Waals surface area contributed by atoms with Crippen LogP contribution < -0.4 is 10.9 Å². The first kappa shape index (κ1) is 13.1. The summed E-state index contributed by atoms with van der Waals surface area (Å²) in [5.41, 5.74) is 10.3. The Balaban J connectivity index is 2.14. The smallest absolute Gasteiger partial charge is 0.0583 e. The van der Waals surface area contributed by atoms with Gasteiger partial charge in [0.1, 0.15) is 0 Å². The predicted molar refractivity (Wildman–Crippen MR) is 79.6 cm³/mol. The first-order valence-electron chi connectivity index (χ1n) is 5.61. The lowest BCUT2D eigenvalue weighted by molar-refractivity contribution is 1.33. The van der Waals surface area contributed by atoms with Crippen LogP contribution in [-0.2, 0) is 0 Å². The summed E-state index contributed by atoms with van der Waals surface area (Å²) in [4.78, 5) is 0. The maximum atomic E-state index is 6.06. The van der Waals surface area contributed by atoms with E-state index in [4.69, 9.17) is 23.2 Å². The third-order valence-corrected chi connectivity index (χ3v) is 3.43. The molecule has 2 N–H and O–H groups in total. The summed E-state index contributed by atoms with van der Waals surface area (Å²) in [7, 11) is 0. The zero-order chi connectivity index (χ0) is 13.1. The molecule has 18 heavy (non-hydrogen) atoms. The minimum absolute atomic E-state index is 0.733. The van der Waals surface area contributed by atoms with Crippen molar-refractivity contribution in [3.63, 3.8) is 0 Å². The average molecular weight is 281 g/mol. The number of rotatable bonds is 3. The predicted octanol–water partition coefficient (Wildman–Crippen LogP) is 5.05. The minimum Gasteiger partial charge on any atom is -0.301 e. The first-order valence-corrected chi connectivity index (χ1v) is 6.37. The Kier molecular flexibility index (Phi) is 4.00. The Morgan fingerprint density at radius 3 is 2.33 bits per heavy atom. The van der Waals surface area contributed by atoms with Gasteiger partial charge in [0.25, 0.3) is 0 Å². The van der Waals surface area contributed by atoms with Crippen LogP contribution in [0.15, 0.2) is 36.4 Å². The molecule has 0 aromatic heterocycles. The standard InChI is InChI=1S/C14H14Cl2N2/c1-9-8-11(15)6-7-13(9)17-18-14-5-3-4-12(16)10(14)2/h3-8,17-18H,1-2H3. The second-order valence-corrected chi connectivity index (χ2v) is 4.97. The molecule has 0 fully saturated rings. The molecular formula is C14H14Cl2N2. The van der Waals surface area contributed by atoms with Gasteiger partial charge in [-0.3, -0.25) is 0 Å². The van der Waals surface area contributed by atoms with Crippen LogP contribution in [0.2, 0.25) is 10.0 Å². The van der Waals surface area contributed by atoms with Crippen molar-refractivity contribution in [3.05, 3.63) is 57.6 Å². The summed E-state index contributed by atoms with van der Waals surface area (Å²) >= 11 is 12.0. The van der Waals surface area contributed by atoms with Crippen LogP contribution in [0.3, 0.4) is 0 Å². The second kappa shape index (κ2) is 5.51. The van der Waals surface area contributed by atoms with Gasteiger partial charge in [0, 0.05) is 10.0 Å². The topological polar surface area (TPSA) is 24.1 Å². The fraction of sp³-hybridized carbons (Fsp3) is 0.143. The molecule has 0 saturated carbocycles. The van der Waals surface area contributed by atoms with E-state index >= 15 is 0 Å². The van der Waals surface area contributed by atoms with E-state index in [2.05, 4.69) is 10.9 Å². The molecule has 0 aliphatic rings. The van der Waals surface area contributed by atoms with Crippen molar-refractivity contribution in [3.8, 4) is 0 Å². The van der Waals surface area contributed by atoms with E-state index < -0.39 is 0 Å². The van der Waals surface area contributed by atoms with Gasteiger partial charge in [0.15, 0.2) is 0 Å². The number of hydrogen-bond donors (Lipinski definition) is 2. The Bertz CT molecular complexity index is 568. The molecule has 0 atom stereocenters. The van der Waals surface area contributed by atoms with Crippen molar-refractivity contribution in [2.45, 2.75) is 13.8 Å². The number of nitrogens with one attached hydrogen (secondary N) is 2. The van der Waals surface area contributed by atoms with E-state index in [9.17, 15) is 0 Å². The van der Waals surface area contributed by atoms with Crippen LogP contribution in [-0.4, -0.2) is 0 Å². The van der Waals surface area contributed by atoms with E-state index in [0.29, 0.717) is 0 Å². The highest BCUT2D eigenvalue weighted by Crippen LogP contribution is 2.24. The molecule has 0 amide bonds. The second-order valence-electron chi connectivity index (χ2n) is 4.12. The quantitative estimate of drug-likeness (QED) is 0.769. The molecular weight excluding hydrogens is 267 g/mol. The highest BCUT2D eigenvalue weighted by Gasteiger charge is 2.02. The number of benzene rings is 2. The van der Waals surface area contributed by atoms with E-state index in [0.717, 1.165) is 32.5 Å². The van der Waals surface area contributed by atoms with Crippen molar-refractivity contribution in [1.29, 1.82) is 0 Å². The fourth-order valence-corrected chi connectivity index (χ4v) is 2.05. The molecule has 2 aromatic rings. The van der Waals surface area contributed by atoms with Gasteiger partial charge in [-0.25, -0.2) is 0 Å². The van der Waals surface area contributed by atoms with Crippen LogP contribution in [0.5, 0.6) is 0 Å². The van der Waals surface area contributed by atoms with Gasteiger partial charge in [-0.1, -0.05) is 29.3 Å².